The number of aromatic nitrogens is 2. The molecule has 0 aliphatic rings. The first-order valence-corrected chi connectivity index (χ1v) is 5.06. The summed E-state index contributed by atoms with van der Waals surface area (Å²) in [7, 11) is 0. The lowest BCUT2D eigenvalue weighted by Crippen LogP contribution is -1.96. The molecule has 0 atom stereocenters. The van der Waals surface area contributed by atoms with Crippen molar-refractivity contribution in [2.45, 2.75) is 19.0 Å². The lowest BCUT2D eigenvalue weighted by Gasteiger charge is -1.99. The van der Waals surface area contributed by atoms with E-state index >= 15 is 0 Å². The third-order valence-electron chi connectivity index (χ3n) is 1.40. The molecule has 0 radical (unpaired) electrons. The number of nitrogens with two attached hydrogens (primary N) is 1. The van der Waals surface area contributed by atoms with Crippen LogP contribution in [-0.2, 0) is 0 Å². The highest BCUT2D eigenvalue weighted by molar-refractivity contribution is 7.99. The van der Waals surface area contributed by atoms with Crippen LogP contribution in [0.15, 0.2) is 23.4 Å². The Morgan fingerprint density at radius 2 is 2.31 bits per heavy atom. The third-order valence-corrected chi connectivity index (χ3v) is 2.20. The molecule has 0 spiro atoms. The summed E-state index contributed by atoms with van der Waals surface area (Å²) in [6, 6.07) is 1.76. The fourth-order valence-corrected chi connectivity index (χ4v) is 1.66. The van der Waals surface area contributed by atoms with Crippen molar-refractivity contribution in [3.63, 3.8) is 0 Å². The quantitative estimate of drug-likeness (QED) is 0.455. The summed E-state index contributed by atoms with van der Waals surface area (Å²) >= 11 is 1.58. The molecule has 4 heteroatoms. The number of nitrogen functional groups attached to an aromatic ring is 1. The first-order chi connectivity index (χ1) is 6.22. The molecule has 0 amide bonds. The summed E-state index contributed by atoms with van der Waals surface area (Å²) in [4.78, 5) is 8.35. The van der Waals surface area contributed by atoms with E-state index in [2.05, 4.69) is 16.0 Å². The number of hydrogen-bond donors (Lipinski definition) is 1. The van der Waals surface area contributed by atoms with Gasteiger partial charge in [-0.25, -0.2) is 9.97 Å². The van der Waals surface area contributed by atoms with Gasteiger partial charge in [0.15, 0.2) is 5.16 Å². The van der Waals surface area contributed by atoms with Crippen LogP contribution in [0.2, 0.25) is 0 Å². The average molecular weight is 195 g/mol. The monoisotopic (exact) mass is 195 g/mol. The van der Waals surface area contributed by atoms with E-state index in [-0.39, 0.29) is 0 Å². The Morgan fingerprint density at radius 3 is 2.92 bits per heavy atom. The van der Waals surface area contributed by atoms with Crippen molar-refractivity contribution in [2.24, 2.45) is 0 Å². The van der Waals surface area contributed by atoms with Gasteiger partial charge in [-0.15, -0.1) is 0 Å². The second-order valence-corrected chi connectivity index (χ2v) is 3.58. The van der Waals surface area contributed by atoms with Gasteiger partial charge in [-0.05, 0) is 13.8 Å². The molecule has 0 saturated carbocycles. The molecule has 1 aromatic rings. The van der Waals surface area contributed by atoms with Crippen LogP contribution in [0.4, 0.5) is 5.82 Å². The Morgan fingerprint density at radius 1 is 1.54 bits per heavy atom. The summed E-state index contributed by atoms with van der Waals surface area (Å²) in [5.41, 5.74) is 6.49. The van der Waals surface area contributed by atoms with Crippen LogP contribution in [0.25, 0.3) is 0 Å². The number of thioether (sulfide) groups is 1. The molecule has 1 aromatic heterocycles. The lowest BCUT2D eigenvalue weighted by atomic mass is 10.4. The third kappa shape index (κ3) is 3.46. The van der Waals surface area contributed by atoms with Gasteiger partial charge in [0, 0.05) is 17.5 Å². The topological polar surface area (TPSA) is 51.8 Å². The van der Waals surface area contributed by atoms with Crippen molar-refractivity contribution in [3.05, 3.63) is 23.9 Å². The maximum atomic E-state index is 5.58. The van der Waals surface area contributed by atoms with Crippen molar-refractivity contribution >= 4 is 17.6 Å². The van der Waals surface area contributed by atoms with Crippen LogP contribution in [0.5, 0.6) is 0 Å². The number of hydrogen-bond acceptors (Lipinski definition) is 4. The Labute approximate surface area is 82.5 Å². The van der Waals surface area contributed by atoms with Crippen LogP contribution >= 0.6 is 11.8 Å². The molecular formula is C9H13N3S. The molecule has 0 aliphatic heterocycles. The number of rotatable bonds is 3. The highest BCUT2D eigenvalue weighted by Gasteiger charge is 1.98. The Balaban J connectivity index is 2.66. The van der Waals surface area contributed by atoms with Gasteiger partial charge in [0.25, 0.3) is 0 Å². The zero-order valence-electron chi connectivity index (χ0n) is 7.82. The second kappa shape index (κ2) is 4.87. The van der Waals surface area contributed by atoms with E-state index in [4.69, 9.17) is 5.73 Å². The minimum Gasteiger partial charge on any atom is -0.384 e. The number of allylic oxidation sites excluding steroid dienone is 1. The molecule has 0 bridgehead atoms. The first kappa shape index (κ1) is 10.1. The van der Waals surface area contributed by atoms with Crippen LogP contribution in [0.3, 0.4) is 0 Å². The molecule has 13 heavy (non-hydrogen) atoms. The van der Waals surface area contributed by atoms with Crippen molar-refractivity contribution in [1.29, 1.82) is 0 Å². The van der Waals surface area contributed by atoms with E-state index in [1.165, 1.54) is 0 Å². The molecule has 3 nitrogen and oxygen atoms in total. The van der Waals surface area contributed by atoms with Crippen molar-refractivity contribution < 1.29 is 0 Å². The van der Waals surface area contributed by atoms with Crippen LogP contribution in [-0.4, -0.2) is 15.7 Å². The molecule has 0 fully saturated rings. The zero-order chi connectivity index (χ0) is 9.68. The molecule has 0 saturated heterocycles. The lowest BCUT2D eigenvalue weighted by molar-refractivity contribution is 0.942. The maximum absolute atomic E-state index is 5.58. The van der Waals surface area contributed by atoms with E-state index in [9.17, 15) is 0 Å². The fraction of sp³-hybridized carbons (Fsp3) is 0.333. The Hall–Kier alpha value is -1.03. The van der Waals surface area contributed by atoms with Crippen LogP contribution in [0, 0.1) is 6.92 Å². The predicted molar refractivity (Wildman–Crippen MR) is 56.7 cm³/mol. The maximum Gasteiger partial charge on any atom is 0.190 e. The number of nitrogens with zero attached hydrogens (tertiary/aromatic N) is 2. The van der Waals surface area contributed by atoms with Crippen molar-refractivity contribution in [1.82, 2.24) is 9.97 Å². The summed E-state index contributed by atoms with van der Waals surface area (Å²) in [6.07, 6.45) is 4.07. The summed E-state index contributed by atoms with van der Waals surface area (Å²) in [6.45, 7) is 3.91. The second-order valence-electron chi connectivity index (χ2n) is 2.60. The minimum absolute atomic E-state index is 0.537. The van der Waals surface area contributed by atoms with Gasteiger partial charge in [0.2, 0.25) is 0 Å². The smallest absolute Gasteiger partial charge is 0.190 e. The van der Waals surface area contributed by atoms with E-state index in [1.807, 2.05) is 19.9 Å². The Bertz CT molecular complexity index is 289. The van der Waals surface area contributed by atoms with Crippen LogP contribution in [0.1, 0.15) is 12.6 Å². The summed E-state index contributed by atoms with van der Waals surface area (Å²) < 4.78 is 0. The molecular weight excluding hydrogens is 182 g/mol. The molecule has 1 rings (SSSR count). The zero-order valence-corrected chi connectivity index (χ0v) is 8.64. The van der Waals surface area contributed by atoms with Gasteiger partial charge in [0.1, 0.15) is 5.82 Å². The van der Waals surface area contributed by atoms with Crippen molar-refractivity contribution in [2.75, 3.05) is 11.5 Å². The molecule has 2 N–H and O–H groups in total. The minimum atomic E-state index is 0.537. The standard InChI is InChI=1S/C9H13N3S/c1-3-4-5-13-9-11-7(2)6-8(10)12-9/h3-4,6H,5H2,1-2H3,(H2,10,11,12)/b4-3+. The Kier molecular flexibility index (Phi) is 3.76. The van der Waals surface area contributed by atoms with Gasteiger partial charge >= 0.3 is 0 Å². The van der Waals surface area contributed by atoms with Gasteiger partial charge in [-0.3, -0.25) is 0 Å². The van der Waals surface area contributed by atoms with E-state index in [0.29, 0.717) is 5.82 Å². The van der Waals surface area contributed by atoms with Gasteiger partial charge in [0.05, 0.1) is 0 Å². The highest BCUT2D eigenvalue weighted by atomic mass is 32.2. The molecule has 70 valence electrons. The summed E-state index contributed by atoms with van der Waals surface area (Å²) in [5.74, 6) is 1.43. The average Bonchev–Trinajstić information content (AvgIpc) is 2.03. The number of aryl methyl sites for hydroxylation is 1. The largest absolute Gasteiger partial charge is 0.384 e. The van der Waals surface area contributed by atoms with E-state index < -0.39 is 0 Å². The van der Waals surface area contributed by atoms with Gasteiger partial charge < -0.3 is 5.73 Å². The fourth-order valence-electron chi connectivity index (χ4n) is 0.848. The normalized spacial score (nSPS) is 10.9. The molecule has 0 aromatic carbocycles. The molecule has 0 aliphatic carbocycles. The summed E-state index contributed by atoms with van der Waals surface area (Å²) in [5, 5.41) is 0.746. The molecule has 1 heterocycles. The SMILES string of the molecule is C/C=C/CSc1nc(C)cc(N)n1. The van der Waals surface area contributed by atoms with E-state index in [0.717, 1.165) is 16.6 Å². The van der Waals surface area contributed by atoms with Gasteiger partial charge in [-0.1, -0.05) is 23.9 Å². The molecule has 0 unspecified atom stereocenters. The predicted octanol–water partition coefficient (Wildman–Crippen LogP) is 2.04. The van der Waals surface area contributed by atoms with Gasteiger partial charge in [-0.2, -0.15) is 0 Å². The van der Waals surface area contributed by atoms with E-state index in [1.54, 1.807) is 17.8 Å². The number of anilines is 1. The highest BCUT2D eigenvalue weighted by Crippen LogP contribution is 2.14. The van der Waals surface area contributed by atoms with Crippen molar-refractivity contribution in [3.8, 4) is 0 Å². The first-order valence-electron chi connectivity index (χ1n) is 4.07. The van der Waals surface area contributed by atoms with Crippen LogP contribution < -0.4 is 5.73 Å².